The van der Waals surface area contributed by atoms with E-state index in [1.165, 1.54) is 12.1 Å². The van der Waals surface area contributed by atoms with Crippen LogP contribution in [0.2, 0.25) is 5.02 Å². The Hall–Kier alpha value is -3.09. The Bertz CT molecular complexity index is 1310. The third-order valence-corrected chi connectivity index (χ3v) is 7.34. The zero-order chi connectivity index (χ0) is 25.9. The molecule has 1 fully saturated rings. The van der Waals surface area contributed by atoms with E-state index < -0.39 is 0 Å². The molecule has 37 heavy (non-hydrogen) atoms. The molecule has 3 aromatic carbocycles. The minimum absolute atomic E-state index is 0.0643. The summed E-state index contributed by atoms with van der Waals surface area (Å²) >= 11 is 6.43. The second-order valence-corrected chi connectivity index (χ2v) is 9.98. The van der Waals surface area contributed by atoms with Crippen LogP contribution in [0.5, 0.6) is 17.2 Å². The van der Waals surface area contributed by atoms with Crippen molar-refractivity contribution in [1.29, 1.82) is 0 Å². The summed E-state index contributed by atoms with van der Waals surface area (Å²) in [5.74, 6) is 0.780. The van der Waals surface area contributed by atoms with Gasteiger partial charge in [0, 0.05) is 37.2 Å². The van der Waals surface area contributed by atoms with Crippen LogP contribution < -0.4 is 9.47 Å². The first-order valence-corrected chi connectivity index (χ1v) is 13.0. The second-order valence-electron chi connectivity index (χ2n) is 9.61. The van der Waals surface area contributed by atoms with E-state index in [0.29, 0.717) is 36.3 Å². The van der Waals surface area contributed by atoms with Crippen LogP contribution >= 0.6 is 11.6 Å². The lowest BCUT2D eigenvalue weighted by Crippen LogP contribution is -2.26. The fourth-order valence-electron chi connectivity index (χ4n) is 5.16. The normalized spacial score (nSPS) is 17.9. The maximum Gasteiger partial charge on any atom is 0.149 e. The molecular formula is C30H30ClF2NO3. The monoisotopic (exact) mass is 525 g/mol. The van der Waals surface area contributed by atoms with Gasteiger partial charge in [-0.05, 0) is 72.4 Å². The number of aryl methyl sites for hydroxylation is 1. The lowest BCUT2D eigenvalue weighted by Gasteiger charge is -2.18. The number of benzene rings is 3. The number of phenolic OH excluding ortho intramolecular Hbond substituents is 1. The van der Waals surface area contributed by atoms with Crippen molar-refractivity contribution in [3.63, 3.8) is 0 Å². The van der Waals surface area contributed by atoms with Gasteiger partial charge in [-0.25, -0.2) is 4.39 Å². The van der Waals surface area contributed by atoms with Crippen LogP contribution in [0.4, 0.5) is 8.78 Å². The molecule has 3 aromatic rings. The number of aromatic hydroxyl groups is 1. The summed E-state index contributed by atoms with van der Waals surface area (Å²) in [6, 6.07) is 16.3. The third-order valence-electron chi connectivity index (χ3n) is 6.98. The summed E-state index contributed by atoms with van der Waals surface area (Å²) in [4.78, 5) is 2.23. The van der Waals surface area contributed by atoms with Crippen LogP contribution in [0.3, 0.4) is 0 Å². The van der Waals surface area contributed by atoms with Gasteiger partial charge in [-0.15, -0.1) is 0 Å². The van der Waals surface area contributed by atoms with Crippen molar-refractivity contribution in [3.05, 3.63) is 87.7 Å². The Balaban J connectivity index is 1.51. The molecule has 194 valence electrons. The predicted molar refractivity (Wildman–Crippen MR) is 143 cm³/mol. The van der Waals surface area contributed by atoms with E-state index >= 15 is 4.39 Å². The topological polar surface area (TPSA) is 41.9 Å². The zero-order valence-electron chi connectivity index (χ0n) is 20.8. The molecule has 0 unspecified atom stereocenters. The summed E-state index contributed by atoms with van der Waals surface area (Å²) in [7, 11) is 0. The van der Waals surface area contributed by atoms with Crippen molar-refractivity contribution in [2.75, 3.05) is 32.9 Å². The largest absolute Gasteiger partial charge is 0.506 e. The number of phenols is 1. The molecule has 0 radical (unpaired) electrons. The van der Waals surface area contributed by atoms with Crippen LogP contribution in [0, 0.1) is 12.7 Å². The maximum atomic E-state index is 15.2. The highest BCUT2D eigenvalue weighted by atomic mass is 35.5. The van der Waals surface area contributed by atoms with E-state index in [-0.39, 0.29) is 29.4 Å². The molecule has 2 aliphatic heterocycles. The van der Waals surface area contributed by atoms with Gasteiger partial charge in [-0.2, -0.15) is 0 Å². The molecule has 0 bridgehead atoms. The Labute approximate surface area is 221 Å². The van der Waals surface area contributed by atoms with Gasteiger partial charge >= 0.3 is 0 Å². The molecule has 1 saturated heterocycles. The molecular weight excluding hydrogens is 496 g/mol. The number of nitrogens with zero attached hydrogens (tertiary/aromatic N) is 1. The second kappa shape index (κ2) is 11.1. The number of halogens is 3. The molecule has 5 rings (SSSR count). The summed E-state index contributed by atoms with van der Waals surface area (Å²) in [6.45, 7) is 4.31. The number of rotatable bonds is 7. The highest BCUT2D eigenvalue weighted by Crippen LogP contribution is 2.47. The first kappa shape index (κ1) is 25.6. The van der Waals surface area contributed by atoms with Crippen molar-refractivity contribution in [3.8, 4) is 17.2 Å². The molecule has 0 saturated carbocycles. The lowest BCUT2D eigenvalue weighted by atomic mass is 9.87. The van der Waals surface area contributed by atoms with Crippen LogP contribution in [0.15, 0.2) is 54.6 Å². The van der Waals surface area contributed by atoms with Crippen LogP contribution in [-0.2, 0) is 0 Å². The minimum Gasteiger partial charge on any atom is -0.506 e. The molecule has 0 aliphatic carbocycles. The first-order chi connectivity index (χ1) is 17.9. The van der Waals surface area contributed by atoms with Gasteiger partial charge in [-0.3, -0.25) is 9.29 Å². The average molecular weight is 526 g/mol. The van der Waals surface area contributed by atoms with E-state index in [1.807, 2.05) is 37.3 Å². The van der Waals surface area contributed by atoms with Crippen molar-refractivity contribution < 1.29 is 23.4 Å². The van der Waals surface area contributed by atoms with E-state index in [1.54, 1.807) is 12.1 Å². The molecule has 7 heteroatoms. The van der Waals surface area contributed by atoms with Gasteiger partial charge in [0.15, 0.2) is 0 Å². The van der Waals surface area contributed by atoms with Gasteiger partial charge in [0.1, 0.15) is 34.2 Å². The Kier molecular flexibility index (Phi) is 7.68. The summed E-state index contributed by atoms with van der Waals surface area (Å²) in [5.41, 5.74) is 4.54. The van der Waals surface area contributed by atoms with Crippen molar-refractivity contribution in [1.82, 2.24) is 4.90 Å². The zero-order valence-corrected chi connectivity index (χ0v) is 21.5. The van der Waals surface area contributed by atoms with E-state index in [0.717, 1.165) is 54.1 Å². The fourth-order valence-corrected chi connectivity index (χ4v) is 5.38. The van der Waals surface area contributed by atoms with Gasteiger partial charge in [0.25, 0.3) is 0 Å². The number of likely N-dealkylation sites (tertiary alicyclic amines) is 1. The fraction of sp³-hybridized carbons (Fsp3) is 0.333. The molecule has 0 amide bonds. The van der Waals surface area contributed by atoms with Gasteiger partial charge in [0.05, 0.1) is 13.3 Å². The van der Waals surface area contributed by atoms with Crippen LogP contribution in [-0.4, -0.2) is 49.0 Å². The molecule has 2 heterocycles. The number of hydrogen-bond acceptors (Lipinski definition) is 4. The van der Waals surface area contributed by atoms with E-state index in [4.69, 9.17) is 21.1 Å². The molecule has 0 aromatic heterocycles. The van der Waals surface area contributed by atoms with Crippen molar-refractivity contribution >= 4 is 22.7 Å². The van der Waals surface area contributed by atoms with Gasteiger partial charge in [-0.1, -0.05) is 35.9 Å². The molecule has 0 spiro atoms. The minimum atomic E-state index is -0.299. The molecule has 1 atom stereocenters. The number of alkyl halides is 1. The Morgan fingerprint density at radius 1 is 1.11 bits per heavy atom. The Morgan fingerprint density at radius 2 is 1.89 bits per heavy atom. The van der Waals surface area contributed by atoms with E-state index in [2.05, 4.69) is 4.90 Å². The highest BCUT2D eigenvalue weighted by molar-refractivity contribution is 6.34. The van der Waals surface area contributed by atoms with Gasteiger partial charge in [0.2, 0.25) is 0 Å². The van der Waals surface area contributed by atoms with Crippen LogP contribution in [0.1, 0.15) is 41.5 Å². The third kappa shape index (κ3) is 5.46. The predicted octanol–water partition coefficient (Wildman–Crippen LogP) is 7.05. The summed E-state index contributed by atoms with van der Waals surface area (Å²) in [6.07, 6.45) is 1.99. The summed E-state index contributed by atoms with van der Waals surface area (Å²) < 4.78 is 39.9. The Morgan fingerprint density at radius 3 is 2.65 bits per heavy atom. The quantitative estimate of drug-likeness (QED) is 0.359. The van der Waals surface area contributed by atoms with Crippen molar-refractivity contribution in [2.45, 2.75) is 32.3 Å². The van der Waals surface area contributed by atoms with Gasteiger partial charge < -0.3 is 14.6 Å². The lowest BCUT2D eigenvalue weighted by molar-refractivity contribution is 0.198. The first-order valence-electron chi connectivity index (χ1n) is 12.6. The highest BCUT2D eigenvalue weighted by Gasteiger charge is 2.26. The molecule has 4 nitrogen and oxygen atoms in total. The SMILES string of the molecule is Cc1ccc(C2=C(c3ccc(O[C@H]4CCN(CCCF)C4)cc3)c3ccc(O)c(Cl)c3OCC2)c(F)c1. The number of fused-ring (bicyclic) bond motifs is 1. The summed E-state index contributed by atoms with van der Waals surface area (Å²) in [5, 5.41) is 10.3. The van der Waals surface area contributed by atoms with Crippen LogP contribution in [0.25, 0.3) is 11.1 Å². The molecule has 1 N–H and O–H groups in total. The standard InChI is InChI=1S/C30H30ClF2NO3/c1-19-3-8-23(26(33)17-19)24-12-16-36-30-25(9-10-27(35)29(30)31)28(24)20-4-6-21(7-5-20)37-22-11-15-34(18-22)14-2-13-32/h3-10,17,22,35H,2,11-16,18H2,1H3/t22-/m0/s1. The smallest absolute Gasteiger partial charge is 0.149 e. The number of hydrogen-bond donors (Lipinski definition) is 1. The average Bonchev–Trinajstić information content (AvgIpc) is 3.24. The maximum absolute atomic E-state index is 15.2. The van der Waals surface area contributed by atoms with E-state index in [9.17, 15) is 9.50 Å². The van der Waals surface area contributed by atoms with Crippen molar-refractivity contribution in [2.24, 2.45) is 0 Å². The number of ether oxygens (including phenoxy) is 2. The molecule has 2 aliphatic rings.